The minimum Gasteiger partial charge on any atom is -0.488 e. The highest BCUT2D eigenvalue weighted by Gasteiger charge is 2.23. The van der Waals surface area contributed by atoms with E-state index in [2.05, 4.69) is 85.7 Å². The van der Waals surface area contributed by atoms with Crippen molar-refractivity contribution in [2.75, 3.05) is 14.1 Å². The van der Waals surface area contributed by atoms with E-state index in [-0.39, 0.29) is 0 Å². The third-order valence-corrected chi connectivity index (χ3v) is 6.37. The Morgan fingerprint density at radius 2 is 1.55 bits per heavy atom. The second kappa shape index (κ2) is 7.53. The molecular formula is C27H27NO. The summed E-state index contributed by atoms with van der Waals surface area (Å²) in [6.07, 6.45) is 3.49. The Bertz CT molecular complexity index is 1160. The molecule has 4 aromatic carbocycles. The molecule has 0 aliphatic heterocycles. The van der Waals surface area contributed by atoms with Crippen LogP contribution in [0.25, 0.3) is 21.5 Å². The molecule has 146 valence electrons. The second-order valence-electron chi connectivity index (χ2n) is 8.35. The summed E-state index contributed by atoms with van der Waals surface area (Å²) in [7, 11) is 4.40. The Hall–Kier alpha value is -2.84. The largest absolute Gasteiger partial charge is 0.488 e. The van der Waals surface area contributed by atoms with Gasteiger partial charge in [0.1, 0.15) is 12.4 Å². The van der Waals surface area contributed by atoms with Crippen LogP contribution in [-0.2, 0) is 19.4 Å². The van der Waals surface area contributed by atoms with Gasteiger partial charge in [0.2, 0.25) is 0 Å². The average molecular weight is 382 g/mol. The Balaban J connectivity index is 1.65. The molecule has 0 spiro atoms. The molecule has 0 saturated heterocycles. The van der Waals surface area contributed by atoms with Crippen LogP contribution in [0.1, 0.15) is 23.1 Å². The first-order valence-electron chi connectivity index (χ1n) is 10.5. The van der Waals surface area contributed by atoms with Crippen LogP contribution in [0.15, 0.2) is 72.8 Å². The third-order valence-electron chi connectivity index (χ3n) is 6.37. The van der Waals surface area contributed by atoms with E-state index in [4.69, 9.17) is 4.74 Å². The fraction of sp³-hybridized carbons (Fsp3) is 0.259. The monoisotopic (exact) mass is 381 g/mol. The zero-order chi connectivity index (χ0) is 19.8. The third kappa shape index (κ3) is 3.38. The van der Waals surface area contributed by atoms with E-state index < -0.39 is 0 Å². The van der Waals surface area contributed by atoms with Gasteiger partial charge < -0.3 is 9.64 Å². The summed E-state index contributed by atoms with van der Waals surface area (Å²) < 4.78 is 6.37. The molecule has 0 fully saturated rings. The molecule has 1 unspecified atom stereocenters. The number of ether oxygens (including phenoxy) is 1. The van der Waals surface area contributed by atoms with Crippen molar-refractivity contribution in [3.63, 3.8) is 0 Å². The zero-order valence-corrected chi connectivity index (χ0v) is 17.2. The molecule has 0 bridgehead atoms. The van der Waals surface area contributed by atoms with E-state index in [0.29, 0.717) is 12.6 Å². The number of hydrogen-bond acceptors (Lipinski definition) is 2. The molecule has 0 saturated carbocycles. The first-order valence-corrected chi connectivity index (χ1v) is 10.5. The average Bonchev–Trinajstić information content (AvgIpc) is 2.77. The summed E-state index contributed by atoms with van der Waals surface area (Å²) in [4.78, 5) is 2.37. The molecule has 1 atom stereocenters. The highest BCUT2D eigenvalue weighted by atomic mass is 16.5. The molecular weight excluding hydrogens is 354 g/mol. The first kappa shape index (κ1) is 18.2. The van der Waals surface area contributed by atoms with Crippen LogP contribution in [0.4, 0.5) is 0 Å². The van der Waals surface area contributed by atoms with Gasteiger partial charge in [-0.25, -0.2) is 0 Å². The van der Waals surface area contributed by atoms with Crippen molar-refractivity contribution in [3.8, 4) is 5.75 Å². The Morgan fingerprint density at radius 3 is 2.34 bits per heavy atom. The van der Waals surface area contributed by atoms with Gasteiger partial charge in [-0.3, -0.25) is 0 Å². The molecule has 0 aromatic heterocycles. The fourth-order valence-electron chi connectivity index (χ4n) is 4.68. The molecule has 1 aliphatic rings. The molecule has 2 heteroatoms. The topological polar surface area (TPSA) is 12.5 Å². The van der Waals surface area contributed by atoms with Crippen molar-refractivity contribution in [2.24, 2.45) is 0 Å². The molecule has 5 rings (SSSR count). The molecule has 4 aromatic rings. The van der Waals surface area contributed by atoms with Gasteiger partial charge in [0.15, 0.2) is 0 Å². The van der Waals surface area contributed by atoms with E-state index in [1.54, 1.807) is 0 Å². The van der Waals surface area contributed by atoms with Crippen LogP contribution in [0.3, 0.4) is 0 Å². The van der Waals surface area contributed by atoms with Crippen LogP contribution >= 0.6 is 0 Å². The van der Waals surface area contributed by atoms with Crippen LogP contribution < -0.4 is 4.74 Å². The molecule has 0 heterocycles. The first-order chi connectivity index (χ1) is 14.2. The van der Waals surface area contributed by atoms with Gasteiger partial charge in [0.25, 0.3) is 0 Å². The summed E-state index contributed by atoms with van der Waals surface area (Å²) in [5.74, 6) is 0.984. The molecule has 0 amide bonds. The number of fused-ring (bicyclic) bond motifs is 5. The van der Waals surface area contributed by atoms with Crippen LogP contribution in [0.2, 0.25) is 0 Å². The summed E-state index contributed by atoms with van der Waals surface area (Å²) >= 11 is 0. The summed E-state index contributed by atoms with van der Waals surface area (Å²) in [5.41, 5.74) is 4.20. The molecule has 0 N–H and O–H groups in total. The van der Waals surface area contributed by atoms with Crippen LogP contribution in [0.5, 0.6) is 5.75 Å². The van der Waals surface area contributed by atoms with Gasteiger partial charge in [-0.2, -0.15) is 0 Å². The van der Waals surface area contributed by atoms with E-state index >= 15 is 0 Å². The number of benzene rings is 4. The smallest absolute Gasteiger partial charge is 0.128 e. The molecule has 2 nitrogen and oxygen atoms in total. The number of hydrogen-bond donors (Lipinski definition) is 0. The number of rotatable bonds is 4. The van der Waals surface area contributed by atoms with Gasteiger partial charge in [0, 0.05) is 11.4 Å². The lowest BCUT2D eigenvalue weighted by Gasteiger charge is -2.31. The maximum atomic E-state index is 6.37. The summed E-state index contributed by atoms with van der Waals surface area (Å²) in [6, 6.07) is 26.6. The highest BCUT2D eigenvalue weighted by Crippen LogP contribution is 2.38. The van der Waals surface area contributed by atoms with E-state index in [1.807, 2.05) is 6.07 Å². The summed E-state index contributed by atoms with van der Waals surface area (Å²) in [5, 5.41) is 5.17. The lowest BCUT2D eigenvalue weighted by atomic mass is 9.83. The normalized spacial score (nSPS) is 16.3. The molecule has 1 aliphatic carbocycles. The summed E-state index contributed by atoms with van der Waals surface area (Å²) in [6.45, 7) is 0.589. The minimum absolute atomic E-state index is 0.589. The van der Waals surface area contributed by atoms with Gasteiger partial charge in [-0.15, -0.1) is 0 Å². The highest BCUT2D eigenvalue weighted by molar-refractivity contribution is 6.11. The van der Waals surface area contributed by atoms with Crippen molar-refractivity contribution >= 4 is 21.5 Å². The number of likely N-dealkylation sites (N-methyl/N-ethyl adjacent to an activating group) is 1. The molecule has 0 radical (unpaired) electrons. The van der Waals surface area contributed by atoms with Crippen LogP contribution in [-0.4, -0.2) is 25.0 Å². The van der Waals surface area contributed by atoms with Crippen molar-refractivity contribution < 1.29 is 4.74 Å². The maximum absolute atomic E-state index is 6.37. The van der Waals surface area contributed by atoms with Crippen molar-refractivity contribution in [2.45, 2.75) is 31.9 Å². The standard InChI is InChI=1S/C27H27NO/c1-28(2)21-14-12-20-13-15-23-22-10-6-7-11-24(22)27(17-26(23)25(20)16-21)29-18-19-8-4-3-5-9-19/h3-11,13,15,17,21H,12,14,16,18H2,1-2H3. The Kier molecular flexibility index (Phi) is 4.73. The quantitative estimate of drug-likeness (QED) is 0.403. The van der Waals surface area contributed by atoms with E-state index in [1.165, 1.54) is 44.7 Å². The zero-order valence-electron chi connectivity index (χ0n) is 17.2. The Morgan fingerprint density at radius 1 is 0.828 bits per heavy atom. The Labute approximate surface area is 172 Å². The predicted molar refractivity (Wildman–Crippen MR) is 122 cm³/mol. The predicted octanol–water partition coefficient (Wildman–Crippen LogP) is 5.99. The fourth-order valence-corrected chi connectivity index (χ4v) is 4.68. The van der Waals surface area contributed by atoms with Crippen molar-refractivity contribution in [3.05, 3.63) is 89.5 Å². The minimum atomic E-state index is 0.589. The second-order valence-corrected chi connectivity index (χ2v) is 8.35. The van der Waals surface area contributed by atoms with Gasteiger partial charge >= 0.3 is 0 Å². The van der Waals surface area contributed by atoms with Gasteiger partial charge in [-0.1, -0.05) is 66.7 Å². The van der Waals surface area contributed by atoms with Crippen LogP contribution in [0, 0.1) is 0 Å². The van der Waals surface area contributed by atoms with E-state index in [9.17, 15) is 0 Å². The van der Waals surface area contributed by atoms with Crippen molar-refractivity contribution in [1.29, 1.82) is 0 Å². The number of aryl methyl sites for hydroxylation is 1. The number of nitrogens with zero attached hydrogens (tertiary/aromatic N) is 1. The SMILES string of the molecule is CN(C)C1CCc2ccc3c(cc(OCc4ccccc4)c4ccccc43)c2C1. The van der Waals surface area contributed by atoms with E-state index in [0.717, 1.165) is 18.6 Å². The van der Waals surface area contributed by atoms with Gasteiger partial charge in [0.05, 0.1) is 0 Å². The molecule has 29 heavy (non-hydrogen) atoms. The lowest BCUT2D eigenvalue weighted by molar-refractivity contribution is 0.269. The lowest BCUT2D eigenvalue weighted by Crippen LogP contribution is -2.33. The van der Waals surface area contributed by atoms with Gasteiger partial charge in [-0.05, 0) is 72.3 Å². The van der Waals surface area contributed by atoms with Crippen molar-refractivity contribution in [1.82, 2.24) is 4.90 Å². The maximum Gasteiger partial charge on any atom is 0.128 e.